The number of carbonyl (C=O) groups excluding carboxylic acids is 1. The fourth-order valence-corrected chi connectivity index (χ4v) is 3.62. The van der Waals surface area contributed by atoms with Crippen molar-refractivity contribution in [3.05, 3.63) is 0 Å². The summed E-state index contributed by atoms with van der Waals surface area (Å²) in [4.78, 5) is 15.1. The predicted octanol–water partition coefficient (Wildman–Crippen LogP) is 2.70. The van der Waals surface area contributed by atoms with Crippen LogP contribution in [0.2, 0.25) is 0 Å². The molecule has 0 saturated carbocycles. The first-order valence-electron chi connectivity index (χ1n) is 7.79. The van der Waals surface area contributed by atoms with Gasteiger partial charge in [-0.2, -0.15) is 0 Å². The second-order valence-corrected chi connectivity index (χ2v) is 5.90. The van der Waals surface area contributed by atoms with Gasteiger partial charge >= 0.3 is 0 Å². The third-order valence-electron chi connectivity index (χ3n) is 4.77. The SMILES string of the molecule is CCCC1CCCCN1C(=O)C1(CC)CCCN1. The zero-order chi connectivity index (χ0) is 13.0. The van der Waals surface area contributed by atoms with Crippen LogP contribution in [0.1, 0.15) is 65.2 Å². The number of hydrogen-bond donors (Lipinski definition) is 1. The van der Waals surface area contributed by atoms with Crippen LogP contribution in [0.3, 0.4) is 0 Å². The summed E-state index contributed by atoms with van der Waals surface area (Å²) in [6.45, 7) is 6.36. The van der Waals surface area contributed by atoms with Crippen molar-refractivity contribution in [2.45, 2.75) is 76.8 Å². The van der Waals surface area contributed by atoms with Crippen LogP contribution >= 0.6 is 0 Å². The highest BCUT2D eigenvalue weighted by Gasteiger charge is 2.43. The Bertz CT molecular complexity index is 282. The summed E-state index contributed by atoms with van der Waals surface area (Å²) in [7, 11) is 0. The van der Waals surface area contributed by atoms with Crippen LogP contribution in [-0.4, -0.2) is 35.5 Å². The molecule has 2 rings (SSSR count). The minimum absolute atomic E-state index is 0.233. The largest absolute Gasteiger partial charge is 0.338 e. The summed E-state index contributed by atoms with van der Waals surface area (Å²) in [6, 6.07) is 0.502. The maximum Gasteiger partial charge on any atom is 0.243 e. The lowest BCUT2D eigenvalue weighted by Gasteiger charge is -2.41. The average Bonchev–Trinajstić information content (AvgIpc) is 2.89. The Labute approximate surface area is 111 Å². The lowest BCUT2D eigenvalue weighted by Crippen LogP contribution is -2.58. The third kappa shape index (κ3) is 2.56. The van der Waals surface area contributed by atoms with Crippen molar-refractivity contribution >= 4 is 5.91 Å². The van der Waals surface area contributed by atoms with Gasteiger partial charge in [0.25, 0.3) is 0 Å². The Morgan fingerprint density at radius 3 is 2.78 bits per heavy atom. The molecule has 3 heteroatoms. The first-order chi connectivity index (χ1) is 8.73. The van der Waals surface area contributed by atoms with Gasteiger partial charge in [-0.05, 0) is 51.5 Å². The zero-order valence-corrected chi connectivity index (χ0v) is 12.0. The Morgan fingerprint density at radius 2 is 2.17 bits per heavy atom. The molecule has 3 nitrogen and oxygen atoms in total. The molecule has 2 aliphatic rings. The van der Waals surface area contributed by atoms with E-state index in [4.69, 9.17) is 0 Å². The molecule has 0 aliphatic carbocycles. The quantitative estimate of drug-likeness (QED) is 0.834. The van der Waals surface area contributed by atoms with E-state index >= 15 is 0 Å². The molecule has 0 spiro atoms. The summed E-state index contributed by atoms with van der Waals surface area (Å²) >= 11 is 0. The van der Waals surface area contributed by atoms with E-state index in [-0.39, 0.29) is 5.54 Å². The van der Waals surface area contributed by atoms with Gasteiger partial charge in [-0.3, -0.25) is 4.79 Å². The van der Waals surface area contributed by atoms with Crippen molar-refractivity contribution in [3.8, 4) is 0 Å². The normalized spacial score (nSPS) is 32.8. The lowest BCUT2D eigenvalue weighted by molar-refractivity contribution is -0.142. The molecule has 18 heavy (non-hydrogen) atoms. The summed E-state index contributed by atoms with van der Waals surface area (Å²) in [5.41, 5.74) is -0.233. The third-order valence-corrected chi connectivity index (χ3v) is 4.77. The zero-order valence-electron chi connectivity index (χ0n) is 12.0. The molecule has 2 fully saturated rings. The molecule has 0 aromatic rings. The van der Waals surface area contributed by atoms with Crippen molar-refractivity contribution in [1.82, 2.24) is 10.2 Å². The highest BCUT2D eigenvalue weighted by atomic mass is 16.2. The van der Waals surface area contributed by atoms with Gasteiger partial charge in [-0.15, -0.1) is 0 Å². The lowest BCUT2D eigenvalue weighted by atomic mass is 9.89. The molecular weight excluding hydrogens is 224 g/mol. The minimum Gasteiger partial charge on any atom is -0.338 e. The molecule has 2 saturated heterocycles. The number of amides is 1. The fraction of sp³-hybridized carbons (Fsp3) is 0.933. The summed E-state index contributed by atoms with van der Waals surface area (Å²) < 4.78 is 0. The molecule has 2 aliphatic heterocycles. The molecule has 1 amide bonds. The predicted molar refractivity (Wildman–Crippen MR) is 74.5 cm³/mol. The van der Waals surface area contributed by atoms with Gasteiger partial charge in [0.05, 0.1) is 5.54 Å². The number of hydrogen-bond acceptors (Lipinski definition) is 2. The second kappa shape index (κ2) is 6.05. The van der Waals surface area contributed by atoms with E-state index in [1.165, 1.54) is 32.1 Å². The standard InChI is InChI=1S/C15H28N2O/c1-3-8-13-9-5-6-12-17(13)14(18)15(4-2)10-7-11-16-15/h13,16H,3-12H2,1-2H3. The number of nitrogens with one attached hydrogen (secondary N) is 1. The number of nitrogens with zero attached hydrogens (tertiary/aromatic N) is 1. The molecule has 1 N–H and O–H groups in total. The maximum atomic E-state index is 12.9. The van der Waals surface area contributed by atoms with Gasteiger partial charge < -0.3 is 10.2 Å². The number of carbonyl (C=O) groups is 1. The van der Waals surface area contributed by atoms with E-state index in [1.54, 1.807) is 0 Å². The second-order valence-electron chi connectivity index (χ2n) is 5.90. The van der Waals surface area contributed by atoms with Gasteiger partial charge in [-0.25, -0.2) is 0 Å². The van der Waals surface area contributed by atoms with Gasteiger partial charge in [0.2, 0.25) is 5.91 Å². The van der Waals surface area contributed by atoms with E-state index < -0.39 is 0 Å². The first kappa shape index (κ1) is 13.9. The molecule has 0 bridgehead atoms. The molecular formula is C15H28N2O. The molecule has 0 radical (unpaired) electrons. The van der Waals surface area contributed by atoms with Crippen LogP contribution in [0.5, 0.6) is 0 Å². The molecule has 2 heterocycles. The number of piperidine rings is 1. The molecule has 2 unspecified atom stereocenters. The summed E-state index contributed by atoms with van der Waals surface area (Å²) in [5.74, 6) is 0.389. The summed E-state index contributed by atoms with van der Waals surface area (Å²) in [6.07, 6.45) is 9.14. The number of rotatable bonds is 4. The summed E-state index contributed by atoms with van der Waals surface area (Å²) in [5, 5.41) is 3.49. The monoisotopic (exact) mass is 252 g/mol. The van der Waals surface area contributed by atoms with Crippen LogP contribution in [-0.2, 0) is 4.79 Å². The fourth-order valence-electron chi connectivity index (χ4n) is 3.62. The van der Waals surface area contributed by atoms with E-state index in [2.05, 4.69) is 24.1 Å². The number of likely N-dealkylation sites (tertiary alicyclic amines) is 1. The Balaban J connectivity index is 2.09. The van der Waals surface area contributed by atoms with Crippen LogP contribution in [0.4, 0.5) is 0 Å². The molecule has 2 atom stereocenters. The van der Waals surface area contributed by atoms with Crippen molar-refractivity contribution < 1.29 is 4.79 Å². The van der Waals surface area contributed by atoms with Gasteiger partial charge in [-0.1, -0.05) is 20.3 Å². The topological polar surface area (TPSA) is 32.3 Å². The van der Waals surface area contributed by atoms with Crippen LogP contribution < -0.4 is 5.32 Å². The highest BCUT2D eigenvalue weighted by molar-refractivity contribution is 5.87. The molecule has 0 aromatic carbocycles. The Kier molecular flexibility index (Phi) is 4.66. The Morgan fingerprint density at radius 1 is 1.33 bits per heavy atom. The van der Waals surface area contributed by atoms with Crippen LogP contribution in [0.15, 0.2) is 0 Å². The Hall–Kier alpha value is -0.570. The van der Waals surface area contributed by atoms with E-state index in [9.17, 15) is 4.79 Å². The maximum absolute atomic E-state index is 12.9. The molecule has 0 aromatic heterocycles. The molecule has 104 valence electrons. The van der Waals surface area contributed by atoms with Gasteiger partial charge in [0.1, 0.15) is 0 Å². The highest BCUT2D eigenvalue weighted by Crippen LogP contribution is 2.30. The van der Waals surface area contributed by atoms with E-state index in [0.717, 1.165) is 32.4 Å². The van der Waals surface area contributed by atoms with Crippen molar-refractivity contribution in [2.75, 3.05) is 13.1 Å². The van der Waals surface area contributed by atoms with Gasteiger partial charge in [0.15, 0.2) is 0 Å². The van der Waals surface area contributed by atoms with Crippen LogP contribution in [0, 0.1) is 0 Å². The van der Waals surface area contributed by atoms with Crippen molar-refractivity contribution in [1.29, 1.82) is 0 Å². The smallest absolute Gasteiger partial charge is 0.243 e. The van der Waals surface area contributed by atoms with Crippen LogP contribution in [0.25, 0.3) is 0 Å². The van der Waals surface area contributed by atoms with Crippen molar-refractivity contribution in [3.63, 3.8) is 0 Å². The van der Waals surface area contributed by atoms with Gasteiger partial charge in [0, 0.05) is 12.6 Å². The van der Waals surface area contributed by atoms with E-state index in [1.807, 2.05) is 0 Å². The minimum atomic E-state index is -0.233. The van der Waals surface area contributed by atoms with E-state index in [0.29, 0.717) is 11.9 Å². The average molecular weight is 252 g/mol. The first-order valence-corrected chi connectivity index (χ1v) is 7.79. The van der Waals surface area contributed by atoms with Crippen molar-refractivity contribution in [2.24, 2.45) is 0 Å².